The van der Waals surface area contributed by atoms with Gasteiger partial charge in [-0.1, -0.05) is 0 Å². The molecule has 5 fully saturated rings. The Morgan fingerprint density at radius 3 is 2.16 bits per heavy atom. The zero-order valence-corrected chi connectivity index (χ0v) is 11.3. The number of amides is 1. The van der Waals surface area contributed by atoms with Gasteiger partial charge in [-0.05, 0) is 62.2 Å². The number of aliphatic hydroxyl groups is 1. The third-order valence-electron chi connectivity index (χ3n) is 5.96. The Labute approximate surface area is 114 Å². The molecule has 3 N–H and O–H groups in total. The lowest BCUT2D eigenvalue weighted by Gasteiger charge is -2.54. The lowest BCUT2D eigenvalue weighted by Crippen LogP contribution is -2.58. The van der Waals surface area contributed by atoms with Gasteiger partial charge in [-0.3, -0.25) is 4.79 Å². The van der Waals surface area contributed by atoms with E-state index in [1.165, 1.54) is 32.1 Å². The summed E-state index contributed by atoms with van der Waals surface area (Å²) in [5.41, 5.74) is 0. The van der Waals surface area contributed by atoms with Crippen molar-refractivity contribution in [2.24, 2.45) is 23.7 Å². The van der Waals surface area contributed by atoms with Crippen LogP contribution in [0, 0.1) is 23.7 Å². The average molecular weight is 264 g/mol. The highest BCUT2D eigenvalue weighted by Crippen LogP contribution is 2.53. The molecule has 0 aromatic heterocycles. The van der Waals surface area contributed by atoms with E-state index in [4.69, 9.17) is 0 Å². The van der Waals surface area contributed by atoms with Crippen LogP contribution in [0.2, 0.25) is 0 Å². The van der Waals surface area contributed by atoms with Crippen LogP contribution in [0.3, 0.4) is 0 Å². The molecule has 4 heteroatoms. The monoisotopic (exact) mass is 264 g/mol. The van der Waals surface area contributed by atoms with Crippen molar-refractivity contribution in [2.75, 3.05) is 6.54 Å². The van der Waals surface area contributed by atoms with E-state index >= 15 is 0 Å². The summed E-state index contributed by atoms with van der Waals surface area (Å²) in [6.45, 7) is 0.555. The van der Waals surface area contributed by atoms with E-state index in [-0.39, 0.29) is 18.1 Å². The Morgan fingerprint density at radius 1 is 1.00 bits per heavy atom. The standard InChI is InChI=1S/C15H24N2O2/c18-12-6-13(16-7-12)15(19)17-14-10-2-8-1-9(4-10)5-11(14)3-8/h8-14,16,18H,1-7H2,(H,17,19)/t8?,9?,10?,11?,12?,13-,14?/m0/s1. The third-order valence-corrected chi connectivity index (χ3v) is 5.96. The summed E-state index contributed by atoms with van der Waals surface area (Å²) < 4.78 is 0. The van der Waals surface area contributed by atoms with Gasteiger partial charge in [0, 0.05) is 12.6 Å². The molecule has 106 valence electrons. The van der Waals surface area contributed by atoms with Gasteiger partial charge in [0.2, 0.25) is 5.91 Å². The molecule has 1 heterocycles. The molecule has 5 rings (SSSR count). The maximum atomic E-state index is 12.3. The van der Waals surface area contributed by atoms with Crippen molar-refractivity contribution < 1.29 is 9.90 Å². The molecule has 4 nitrogen and oxygen atoms in total. The quantitative estimate of drug-likeness (QED) is 0.686. The predicted molar refractivity (Wildman–Crippen MR) is 71.4 cm³/mol. The molecule has 1 aliphatic heterocycles. The molecule has 4 bridgehead atoms. The Kier molecular flexibility index (Phi) is 2.85. The molecule has 0 spiro atoms. The second kappa shape index (κ2) is 4.45. The number of β-amino-alcohol motifs (C(OH)–C–C–N with tert-alkyl or cyclic N) is 1. The van der Waals surface area contributed by atoms with Crippen molar-refractivity contribution >= 4 is 5.91 Å². The normalized spacial score (nSPS) is 51.5. The van der Waals surface area contributed by atoms with E-state index in [2.05, 4.69) is 10.6 Å². The average Bonchev–Trinajstić information content (AvgIpc) is 2.79. The number of hydrogen-bond donors (Lipinski definition) is 3. The first-order valence-electron chi connectivity index (χ1n) is 7.91. The number of nitrogens with one attached hydrogen (secondary N) is 2. The van der Waals surface area contributed by atoms with E-state index in [1.807, 2.05) is 0 Å². The first-order valence-corrected chi connectivity index (χ1v) is 7.91. The third kappa shape index (κ3) is 2.09. The highest BCUT2D eigenvalue weighted by molar-refractivity contribution is 5.82. The van der Waals surface area contributed by atoms with Gasteiger partial charge in [0.15, 0.2) is 0 Å². The van der Waals surface area contributed by atoms with Crippen molar-refractivity contribution in [3.8, 4) is 0 Å². The highest BCUT2D eigenvalue weighted by atomic mass is 16.3. The molecule has 4 saturated carbocycles. The molecule has 1 saturated heterocycles. The van der Waals surface area contributed by atoms with Crippen molar-refractivity contribution in [2.45, 2.75) is 56.7 Å². The topological polar surface area (TPSA) is 61.4 Å². The van der Waals surface area contributed by atoms with Gasteiger partial charge in [-0.15, -0.1) is 0 Å². The molecule has 1 amide bonds. The molecule has 2 atom stereocenters. The van der Waals surface area contributed by atoms with E-state index in [1.54, 1.807) is 0 Å². The number of rotatable bonds is 2. The van der Waals surface area contributed by atoms with Crippen LogP contribution in [0.5, 0.6) is 0 Å². The number of carbonyl (C=O) groups is 1. The van der Waals surface area contributed by atoms with Crippen LogP contribution in [0.1, 0.15) is 38.5 Å². The van der Waals surface area contributed by atoms with Gasteiger partial charge in [-0.25, -0.2) is 0 Å². The zero-order valence-electron chi connectivity index (χ0n) is 11.3. The summed E-state index contributed by atoms with van der Waals surface area (Å²) in [6.07, 6.45) is 6.99. The summed E-state index contributed by atoms with van der Waals surface area (Å²) in [5.74, 6) is 3.47. The van der Waals surface area contributed by atoms with Gasteiger partial charge in [0.25, 0.3) is 0 Å². The van der Waals surface area contributed by atoms with Crippen LogP contribution >= 0.6 is 0 Å². The van der Waals surface area contributed by atoms with Crippen LogP contribution in [-0.4, -0.2) is 35.7 Å². The summed E-state index contributed by atoms with van der Waals surface area (Å²) >= 11 is 0. The molecular weight excluding hydrogens is 240 g/mol. The molecule has 5 aliphatic rings. The fraction of sp³-hybridized carbons (Fsp3) is 0.933. The molecule has 0 radical (unpaired) electrons. The van der Waals surface area contributed by atoms with Crippen LogP contribution in [0.25, 0.3) is 0 Å². The summed E-state index contributed by atoms with van der Waals surface area (Å²) in [5, 5.41) is 15.9. The lowest BCUT2D eigenvalue weighted by molar-refractivity contribution is -0.126. The Balaban J connectivity index is 1.41. The fourth-order valence-corrected chi connectivity index (χ4v) is 5.34. The maximum Gasteiger partial charge on any atom is 0.237 e. The Bertz CT molecular complexity index is 356. The number of carbonyl (C=O) groups excluding carboxylic acids is 1. The maximum absolute atomic E-state index is 12.3. The summed E-state index contributed by atoms with van der Waals surface area (Å²) in [7, 11) is 0. The Hall–Kier alpha value is -0.610. The van der Waals surface area contributed by atoms with Crippen LogP contribution in [0.4, 0.5) is 0 Å². The lowest BCUT2D eigenvalue weighted by atomic mass is 9.54. The van der Waals surface area contributed by atoms with Gasteiger partial charge >= 0.3 is 0 Å². The predicted octanol–water partition coefficient (Wildman–Crippen LogP) is 0.650. The smallest absolute Gasteiger partial charge is 0.237 e. The van der Waals surface area contributed by atoms with Gasteiger partial charge in [-0.2, -0.15) is 0 Å². The summed E-state index contributed by atoms with van der Waals surface area (Å²) in [4.78, 5) is 12.3. The molecular formula is C15H24N2O2. The number of hydrogen-bond acceptors (Lipinski definition) is 3. The van der Waals surface area contributed by atoms with Gasteiger partial charge < -0.3 is 15.7 Å². The van der Waals surface area contributed by atoms with E-state index in [0.29, 0.717) is 19.0 Å². The second-order valence-electron chi connectivity index (χ2n) is 7.32. The molecule has 19 heavy (non-hydrogen) atoms. The van der Waals surface area contributed by atoms with Crippen molar-refractivity contribution in [3.05, 3.63) is 0 Å². The van der Waals surface area contributed by atoms with Gasteiger partial charge in [0.05, 0.1) is 12.1 Å². The van der Waals surface area contributed by atoms with Crippen molar-refractivity contribution in [1.82, 2.24) is 10.6 Å². The van der Waals surface area contributed by atoms with Crippen LogP contribution < -0.4 is 10.6 Å². The first-order chi connectivity index (χ1) is 9.19. The van der Waals surface area contributed by atoms with Crippen LogP contribution in [0.15, 0.2) is 0 Å². The largest absolute Gasteiger partial charge is 0.392 e. The minimum absolute atomic E-state index is 0.119. The van der Waals surface area contributed by atoms with E-state index in [9.17, 15) is 9.90 Å². The minimum Gasteiger partial charge on any atom is -0.392 e. The molecule has 0 aromatic carbocycles. The fourth-order valence-electron chi connectivity index (χ4n) is 5.34. The summed E-state index contributed by atoms with van der Waals surface area (Å²) in [6, 6.07) is 0.243. The van der Waals surface area contributed by atoms with Crippen molar-refractivity contribution in [3.63, 3.8) is 0 Å². The molecule has 0 aromatic rings. The van der Waals surface area contributed by atoms with Crippen molar-refractivity contribution in [1.29, 1.82) is 0 Å². The Morgan fingerprint density at radius 2 is 1.63 bits per heavy atom. The van der Waals surface area contributed by atoms with E-state index < -0.39 is 0 Å². The second-order valence-corrected chi connectivity index (χ2v) is 7.32. The number of aliphatic hydroxyl groups excluding tert-OH is 1. The molecule has 4 aliphatic carbocycles. The molecule has 1 unspecified atom stereocenters. The van der Waals surface area contributed by atoms with Crippen LogP contribution in [-0.2, 0) is 4.79 Å². The SMILES string of the molecule is O=C(NC1C2CC3CC(C2)CC1C3)[C@@H]1CC(O)CN1. The minimum atomic E-state index is -0.353. The van der Waals surface area contributed by atoms with E-state index in [0.717, 1.165) is 23.7 Å². The first kappa shape index (κ1) is 12.2. The van der Waals surface area contributed by atoms with Gasteiger partial charge in [0.1, 0.15) is 0 Å². The zero-order chi connectivity index (χ0) is 13.0. The highest BCUT2D eigenvalue weighted by Gasteiger charge is 2.49.